The second-order valence-corrected chi connectivity index (χ2v) is 6.72. The molecule has 0 aliphatic heterocycles. The highest BCUT2D eigenvalue weighted by Gasteiger charge is 2.19. The van der Waals surface area contributed by atoms with Crippen LogP contribution in [0.4, 0.5) is 4.39 Å². The van der Waals surface area contributed by atoms with E-state index in [1.807, 2.05) is 0 Å². The third-order valence-corrected chi connectivity index (χ3v) is 4.63. The maximum atomic E-state index is 14.2. The molecule has 28 heavy (non-hydrogen) atoms. The van der Waals surface area contributed by atoms with Gasteiger partial charge in [-0.3, -0.25) is 9.59 Å². The lowest BCUT2D eigenvalue weighted by Crippen LogP contribution is -2.17. The third kappa shape index (κ3) is 3.77. The summed E-state index contributed by atoms with van der Waals surface area (Å²) in [5.41, 5.74) is 7.52. The third-order valence-electron chi connectivity index (χ3n) is 4.39. The van der Waals surface area contributed by atoms with Gasteiger partial charge in [0.05, 0.1) is 11.3 Å². The van der Waals surface area contributed by atoms with Gasteiger partial charge in [0, 0.05) is 22.0 Å². The highest BCUT2D eigenvalue weighted by molar-refractivity contribution is 6.31. The zero-order valence-electron chi connectivity index (χ0n) is 15.3. The molecule has 0 aliphatic carbocycles. The van der Waals surface area contributed by atoms with Crippen molar-refractivity contribution in [1.29, 1.82) is 0 Å². The first-order valence-electron chi connectivity index (χ1n) is 8.48. The predicted octanol–water partition coefficient (Wildman–Crippen LogP) is 4.25. The minimum Gasteiger partial charge on any atom is -0.485 e. The lowest BCUT2D eigenvalue weighted by atomic mass is 10.1. The summed E-state index contributed by atoms with van der Waals surface area (Å²) in [5.74, 6) is -1.22. The smallest absolute Gasteiger partial charge is 0.252 e. The van der Waals surface area contributed by atoms with Crippen molar-refractivity contribution in [2.45, 2.75) is 13.8 Å². The predicted molar refractivity (Wildman–Crippen MR) is 105 cm³/mol. The van der Waals surface area contributed by atoms with E-state index in [9.17, 15) is 14.0 Å². The van der Waals surface area contributed by atoms with Crippen LogP contribution >= 0.6 is 11.6 Å². The number of amides is 1. The van der Waals surface area contributed by atoms with Gasteiger partial charge in [-0.2, -0.15) is 0 Å². The number of rotatable bonds is 6. The van der Waals surface area contributed by atoms with Crippen LogP contribution in [0, 0.1) is 19.7 Å². The van der Waals surface area contributed by atoms with Gasteiger partial charge in [-0.05, 0) is 50.2 Å². The average Bonchev–Trinajstić information content (AvgIpc) is 2.95. The first-order chi connectivity index (χ1) is 13.3. The van der Waals surface area contributed by atoms with E-state index >= 15 is 0 Å². The maximum Gasteiger partial charge on any atom is 0.252 e. The second kappa shape index (κ2) is 7.86. The Kier molecular flexibility index (Phi) is 5.51. The molecule has 0 radical (unpaired) electrons. The summed E-state index contributed by atoms with van der Waals surface area (Å²) in [5, 5.41) is 0.334. The molecule has 5 nitrogen and oxygen atoms in total. The van der Waals surface area contributed by atoms with E-state index in [1.54, 1.807) is 42.7 Å². The Morgan fingerprint density at radius 1 is 1.11 bits per heavy atom. The summed E-state index contributed by atoms with van der Waals surface area (Å²) in [4.78, 5) is 24.2. The molecule has 0 saturated carbocycles. The summed E-state index contributed by atoms with van der Waals surface area (Å²) >= 11 is 5.87. The molecule has 0 atom stereocenters. The Morgan fingerprint density at radius 3 is 2.50 bits per heavy atom. The average molecular weight is 401 g/mol. The highest BCUT2D eigenvalue weighted by atomic mass is 35.5. The molecule has 7 heteroatoms. The standard InChI is InChI=1S/C21H18ClFN2O3/c1-12-9-15(13(2)25(12)18-6-4-3-5-17(18)23)19(26)11-28-20-8-7-14(22)10-16(20)21(24)27/h3-10H,11H2,1-2H3,(H2,24,27). The lowest BCUT2D eigenvalue weighted by molar-refractivity contribution is 0.0911. The van der Waals surface area contributed by atoms with Gasteiger partial charge in [-0.15, -0.1) is 0 Å². The van der Waals surface area contributed by atoms with Crippen molar-refractivity contribution in [3.63, 3.8) is 0 Å². The normalized spacial score (nSPS) is 10.7. The van der Waals surface area contributed by atoms with E-state index in [-0.39, 0.29) is 29.5 Å². The zero-order valence-corrected chi connectivity index (χ0v) is 16.1. The number of nitrogens with two attached hydrogens (primary N) is 1. The van der Waals surface area contributed by atoms with E-state index in [0.717, 1.165) is 5.69 Å². The van der Waals surface area contributed by atoms with E-state index in [1.165, 1.54) is 24.3 Å². The van der Waals surface area contributed by atoms with Crippen molar-refractivity contribution in [2.24, 2.45) is 5.73 Å². The number of carbonyl (C=O) groups is 2. The molecule has 1 aromatic heterocycles. The summed E-state index contributed by atoms with van der Waals surface area (Å²) in [7, 11) is 0. The van der Waals surface area contributed by atoms with Gasteiger partial charge in [-0.1, -0.05) is 23.7 Å². The fourth-order valence-electron chi connectivity index (χ4n) is 3.09. The summed E-state index contributed by atoms with van der Waals surface area (Å²) in [6, 6.07) is 12.4. The quantitative estimate of drug-likeness (QED) is 0.628. The number of nitrogens with zero attached hydrogens (tertiary/aromatic N) is 1. The van der Waals surface area contributed by atoms with Crippen molar-refractivity contribution in [3.8, 4) is 11.4 Å². The Bertz CT molecular complexity index is 1080. The fourth-order valence-corrected chi connectivity index (χ4v) is 3.26. The van der Waals surface area contributed by atoms with Gasteiger partial charge in [-0.25, -0.2) is 4.39 Å². The van der Waals surface area contributed by atoms with Crippen LogP contribution in [0.25, 0.3) is 5.69 Å². The molecule has 3 aromatic rings. The number of ketones is 1. The summed E-state index contributed by atoms with van der Waals surface area (Å²) in [6.07, 6.45) is 0. The Morgan fingerprint density at radius 2 is 1.82 bits per heavy atom. The molecule has 2 aromatic carbocycles. The summed E-state index contributed by atoms with van der Waals surface area (Å²) in [6.45, 7) is 3.23. The Labute approximate surface area is 166 Å². The number of aryl methyl sites for hydroxylation is 1. The van der Waals surface area contributed by atoms with E-state index in [4.69, 9.17) is 22.1 Å². The largest absolute Gasteiger partial charge is 0.485 e. The van der Waals surface area contributed by atoms with Crippen LogP contribution in [0.15, 0.2) is 48.5 Å². The molecule has 0 fully saturated rings. The second-order valence-electron chi connectivity index (χ2n) is 6.29. The van der Waals surface area contributed by atoms with Crippen LogP contribution in [0.2, 0.25) is 5.02 Å². The molecule has 0 saturated heterocycles. The van der Waals surface area contributed by atoms with Crippen molar-refractivity contribution in [3.05, 3.63) is 81.9 Å². The molecule has 1 amide bonds. The Hall–Kier alpha value is -3.12. The molecule has 144 valence electrons. The molecular weight excluding hydrogens is 383 g/mol. The number of hydrogen-bond acceptors (Lipinski definition) is 3. The van der Waals surface area contributed by atoms with Crippen molar-refractivity contribution in [1.82, 2.24) is 4.57 Å². The Balaban J connectivity index is 1.86. The molecule has 0 bridgehead atoms. The van der Waals surface area contributed by atoms with Gasteiger partial charge in [0.15, 0.2) is 6.61 Å². The number of ether oxygens (including phenoxy) is 1. The molecule has 1 heterocycles. The molecule has 2 N–H and O–H groups in total. The van der Waals surface area contributed by atoms with E-state index in [2.05, 4.69) is 0 Å². The number of aromatic nitrogens is 1. The van der Waals surface area contributed by atoms with Crippen LogP contribution in [-0.4, -0.2) is 22.9 Å². The first kappa shape index (κ1) is 19.6. The van der Waals surface area contributed by atoms with Crippen LogP contribution in [0.5, 0.6) is 5.75 Å². The van der Waals surface area contributed by atoms with Crippen molar-refractivity contribution >= 4 is 23.3 Å². The number of para-hydroxylation sites is 1. The maximum absolute atomic E-state index is 14.2. The first-order valence-corrected chi connectivity index (χ1v) is 8.86. The molecule has 0 unspecified atom stereocenters. The highest BCUT2D eigenvalue weighted by Crippen LogP contribution is 2.25. The number of hydrogen-bond donors (Lipinski definition) is 1. The topological polar surface area (TPSA) is 74.3 Å². The zero-order chi connectivity index (χ0) is 20.4. The van der Waals surface area contributed by atoms with E-state index in [0.29, 0.717) is 22.0 Å². The van der Waals surface area contributed by atoms with Gasteiger partial charge >= 0.3 is 0 Å². The number of benzene rings is 2. The van der Waals surface area contributed by atoms with Crippen LogP contribution in [-0.2, 0) is 0 Å². The van der Waals surface area contributed by atoms with Gasteiger partial charge in [0.1, 0.15) is 11.6 Å². The summed E-state index contributed by atoms with van der Waals surface area (Å²) < 4.78 is 21.4. The number of primary amides is 1. The molecular formula is C21H18ClFN2O3. The number of Topliss-reactive ketones (excluding diaryl/α,β-unsaturated/α-hetero) is 1. The minimum atomic E-state index is -0.706. The monoisotopic (exact) mass is 400 g/mol. The fraction of sp³-hybridized carbons (Fsp3) is 0.143. The van der Waals surface area contributed by atoms with E-state index < -0.39 is 5.91 Å². The number of carbonyl (C=O) groups excluding carboxylic acids is 2. The van der Waals surface area contributed by atoms with Gasteiger partial charge < -0.3 is 15.0 Å². The van der Waals surface area contributed by atoms with Gasteiger partial charge in [0.2, 0.25) is 5.78 Å². The van der Waals surface area contributed by atoms with Crippen molar-refractivity contribution < 1.29 is 18.7 Å². The lowest BCUT2D eigenvalue weighted by Gasteiger charge is -2.11. The van der Waals surface area contributed by atoms with Crippen LogP contribution in [0.3, 0.4) is 0 Å². The van der Waals surface area contributed by atoms with Gasteiger partial charge in [0.25, 0.3) is 5.91 Å². The molecule has 3 rings (SSSR count). The van der Waals surface area contributed by atoms with Crippen LogP contribution in [0.1, 0.15) is 32.1 Å². The van der Waals surface area contributed by atoms with Crippen molar-refractivity contribution in [2.75, 3.05) is 6.61 Å². The van der Waals surface area contributed by atoms with Crippen LogP contribution < -0.4 is 10.5 Å². The minimum absolute atomic E-state index is 0.0946. The number of halogens is 2. The SMILES string of the molecule is Cc1cc(C(=O)COc2ccc(Cl)cc2C(N)=O)c(C)n1-c1ccccc1F. The molecule has 0 spiro atoms. The molecule has 0 aliphatic rings.